The van der Waals surface area contributed by atoms with E-state index in [2.05, 4.69) is 21.2 Å². The molecule has 2 amide bonds. The SMILES string of the molecule is CCCNC(=O)[C@@H](CC)N(Cc1ccc(OC)cc1)C(=O)CN(c1ccc(Br)c(C)c1)S(C)(=O)=O. The van der Waals surface area contributed by atoms with E-state index in [9.17, 15) is 18.0 Å². The van der Waals surface area contributed by atoms with Crippen LogP contribution in [0.1, 0.15) is 37.8 Å². The number of sulfonamides is 1. The number of aryl methyl sites for hydroxylation is 1. The molecule has 10 heteroatoms. The first-order valence-corrected chi connectivity index (χ1v) is 14.1. The molecule has 0 radical (unpaired) electrons. The Kier molecular flexibility index (Phi) is 10.6. The zero-order valence-corrected chi connectivity index (χ0v) is 23.3. The van der Waals surface area contributed by atoms with Crippen molar-refractivity contribution in [3.05, 3.63) is 58.1 Å². The minimum Gasteiger partial charge on any atom is -0.497 e. The summed E-state index contributed by atoms with van der Waals surface area (Å²) in [4.78, 5) is 28.0. The van der Waals surface area contributed by atoms with E-state index in [1.165, 1.54) is 4.90 Å². The third-order valence-electron chi connectivity index (χ3n) is 5.56. The van der Waals surface area contributed by atoms with Crippen LogP contribution in [0.2, 0.25) is 0 Å². The number of amides is 2. The van der Waals surface area contributed by atoms with Crippen molar-refractivity contribution in [3.63, 3.8) is 0 Å². The predicted octanol–water partition coefficient (Wildman–Crippen LogP) is 3.87. The molecule has 0 aliphatic carbocycles. The summed E-state index contributed by atoms with van der Waals surface area (Å²) in [5.41, 5.74) is 2.02. The van der Waals surface area contributed by atoms with Gasteiger partial charge in [-0.1, -0.05) is 41.9 Å². The number of halogens is 1. The highest BCUT2D eigenvalue weighted by molar-refractivity contribution is 9.10. The van der Waals surface area contributed by atoms with Gasteiger partial charge >= 0.3 is 0 Å². The Hall–Kier alpha value is -2.59. The molecule has 192 valence electrons. The van der Waals surface area contributed by atoms with E-state index < -0.39 is 28.5 Å². The number of carbonyl (C=O) groups is 2. The van der Waals surface area contributed by atoms with Gasteiger partial charge in [-0.3, -0.25) is 13.9 Å². The van der Waals surface area contributed by atoms with Crippen molar-refractivity contribution < 1.29 is 22.7 Å². The predicted molar refractivity (Wildman–Crippen MR) is 142 cm³/mol. The average molecular weight is 569 g/mol. The molecule has 8 nitrogen and oxygen atoms in total. The maximum Gasteiger partial charge on any atom is 0.244 e. The molecule has 0 saturated heterocycles. The summed E-state index contributed by atoms with van der Waals surface area (Å²) in [5, 5.41) is 2.86. The number of hydrogen-bond acceptors (Lipinski definition) is 5. The van der Waals surface area contributed by atoms with Gasteiger partial charge in [0.05, 0.1) is 19.1 Å². The molecule has 0 aliphatic heterocycles. The fourth-order valence-electron chi connectivity index (χ4n) is 3.61. The Balaban J connectivity index is 2.43. The van der Waals surface area contributed by atoms with Gasteiger partial charge in [0.1, 0.15) is 18.3 Å². The van der Waals surface area contributed by atoms with Crippen molar-refractivity contribution in [2.45, 2.75) is 46.2 Å². The lowest BCUT2D eigenvalue weighted by molar-refractivity contribution is -0.140. The van der Waals surface area contributed by atoms with Crippen LogP contribution in [-0.4, -0.2) is 57.6 Å². The van der Waals surface area contributed by atoms with Crippen LogP contribution in [-0.2, 0) is 26.2 Å². The normalized spacial score (nSPS) is 12.1. The standard InChI is InChI=1S/C25H34BrN3O5S/c1-6-14-27-25(31)23(7-2)28(16-19-8-11-21(34-4)12-9-19)24(30)17-29(35(5,32)33)20-10-13-22(26)18(3)15-20/h8-13,15,23H,6-7,14,16-17H2,1-5H3,(H,27,31)/t23-/m1/s1. The van der Waals surface area contributed by atoms with E-state index in [4.69, 9.17) is 4.74 Å². The number of methoxy groups -OCH3 is 1. The van der Waals surface area contributed by atoms with Gasteiger partial charge < -0.3 is 15.0 Å². The van der Waals surface area contributed by atoms with Gasteiger partial charge in [0.25, 0.3) is 0 Å². The Morgan fingerprint density at radius 2 is 1.77 bits per heavy atom. The summed E-state index contributed by atoms with van der Waals surface area (Å²) in [7, 11) is -2.20. The molecule has 1 N–H and O–H groups in total. The number of benzene rings is 2. The number of rotatable bonds is 12. The summed E-state index contributed by atoms with van der Waals surface area (Å²) in [6, 6.07) is 11.6. The summed E-state index contributed by atoms with van der Waals surface area (Å²) in [6.07, 6.45) is 2.21. The van der Waals surface area contributed by atoms with Crippen LogP contribution in [0.25, 0.3) is 0 Å². The molecule has 0 aliphatic rings. The first-order chi connectivity index (χ1) is 16.5. The highest BCUT2D eigenvalue weighted by atomic mass is 79.9. The van der Waals surface area contributed by atoms with Gasteiger partial charge in [-0.15, -0.1) is 0 Å². The summed E-state index contributed by atoms with van der Waals surface area (Å²) in [6.45, 7) is 5.85. The third kappa shape index (κ3) is 7.96. The van der Waals surface area contributed by atoms with E-state index >= 15 is 0 Å². The number of carbonyl (C=O) groups excluding carboxylic acids is 2. The number of ether oxygens (including phenoxy) is 1. The van der Waals surface area contributed by atoms with Gasteiger partial charge in [0, 0.05) is 17.6 Å². The molecule has 2 aromatic rings. The van der Waals surface area contributed by atoms with Crippen molar-refractivity contribution in [1.82, 2.24) is 10.2 Å². The fraction of sp³-hybridized carbons (Fsp3) is 0.440. The maximum atomic E-state index is 13.6. The Bertz CT molecular complexity index is 1120. The highest BCUT2D eigenvalue weighted by Crippen LogP contribution is 2.25. The van der Waals surface area contributed by atoms with Crippen LogP contribution >= 0.6 is 15.9 Å². The van der Waals surface area contributed by atoms with Crippen LogP contribution in [0, 0.1) is 6.92 Å². The first-order valence-electron chi connectivity index (χ1n) is 11.5. The fourth-order valence-corrected chi connectivity index (χ4v) is 4.70. The van der Waals surface area contributed by atoms with Gasteiger partial charge in [-0.25, -0.2) is 8.42 Å². The van der Waals surface area contributed by atoms with Crippen molar-refractivity contribution in [1.29, 1.82) is 0 Å². The lowest BCUT2D eigenvalue weighted by atomic mass is 10.1. The Labute approximate surface area is 216 Å². The molecule has 1 atom stereocenters. The smallest absolute Gasteiger partial charge is 0.244 e. The Morgan fingerprint density at radius 3 is 2.29 bits per heavy atom. The van der Waals surface area contributed by atoms with Gasteiger partial charge in [-0.05, 0) is 61.2 Å². The van der Waals surface area contributed by atoms with Crippen LogP contribution in [0.3, 0.4) is 0 Å². The van der Waals surface area contributed by atoms with Crippen molar-refractivity contribution >= 4 is 43.5 Å². The second-order valence-corrected chi connectivity index (χ2v) is 11.0. The van der Waals surface area contributed by atoms with Crippen molar-refractivity contribution in [3.8, 4) is 5.75 Å². The Morgan fingerprint density at radius 1 is 1.11 bits per heavy atom. The van der Waals surface area contributed by atoms with Crippen molar-refractivity contribution in [2.75, 3.05) is 30.8 Å². The van der Waals surface area contributed by atoms with Crippen LogP contribution in [0.15, 0.2) is 46.9 Å². The number of nitrogens with zero attached hydrogens (tertiary/aromatic N) is 2. The minimum absolute atomic E-state index is 0.151. The molecule has 0 saturated carbocycles. The largest absolute Gasteiger partial charge is 0.497 e. The van der Waals surface area contributed by atoms with Crippen LogP contribution < -0.4 is 14.4 Å². The van der Waals surface area contributed by atoms with E-state index in [-0.39, 0.29) is 12.5 Å². The minimum atomic E-state index is -3.77. The van der Waals surface area contributed by atoms with E-state index in [1.807, 2.05) is 32.9 Å². The third-order valence-corrected chi connectivity index (χ3v) is 7.59. The molecular weight excluding hydrogens is 534 g/mol. The van der Waals surface area contributed by atoms with Crippen molar-refractivity contribution in [2.24, 2.45) is 0 Å². The molecule has 0 aromatic heterocycles. The molecule has 2 aromatic carbocycles. The molecule has 0 fully saturated rings. The van der Waals surface area contributed by atoms with E-state index in [1.54, 1.807) is 37.4 Å². The molecule has 0 bridgehead atoms. The highest BCUT2D eigenvalue weighted by Gasteiger charge is 2.31. The van der Waals surface area contributed by atoms with Gasteiger partial charge in [0.15, 0.2) is 0 Å². The van der Waals surface area contributed by atoms with Gasteiger partial charge in [-0.2, -0.15) is 0 Å². The quantitative estimate of drug-likeness (QED) is 0.420. The summed E-state index contributed by atoms with van der Waals surface area (Å²) >= 11 is 3.42. The van der Waals surface area contributed by atoms with Crippen LogP contribution in [0.5, 0.6) is 5.75 Å². The number of anilines is 1. The van der Waals surface area contributed by atoms with Gasteiger partial charge in [0.2, 0.25) is 21.8 Å². The lowest BCUT2D eigenvalue weighted by Gasteiger charge is -2.33. The molecule has 0 heterocycles. The first kappa shape index (κ1) is 28.6. The average Bonchev–Trinajstić information content (AvgIpc) is 2.82. The second-order valence-electron chi connectivity index (χ2n) is 8.29. The van der Waals surface area contributed by atoms with E-state index in [0.29, 0.717) is 24.4 Å². The van der Waals surface area contributed by atoms with E-state index in [0.717, 1.165) is 32.6 Å². The summed E-state index contributed by atoms with van der Waals surface area (Å²) in [5.74, 6) is -0.0554. The molecule has 0 unspecified atom stereocenters. The summed E-state index contributed by atoms with van der Waals surface area (Å²) < 4.78 is 32.5. The zero-order valence-electron chi connectivity index (χ0n) is 20.9. The molecule has 35 heavy (non-hydrogen) atoms. The second kappa shape index (κ2) is 12.9. The zero-order chi connectivity index (χ0) is 26.2. The molecule has 0 spiro atoms. The lowest BCUT2D eigenvalue weighted by Crippen LogP contribution is -2.52. The van der Waals surface area contributed by atoms with Crippen LogP contribution in [0.4, 0.5) is 5.69 Å². The monoisotopic (exact) mass is 567 g/mol. The topological polar surface area (TPSA) is 96.0 Å². The number of hydrogen-bond donors (Lipinski definition) is 1. The maximum absolute atomic E-state index is 13.6. The molecular formula is C25H34BrN3O5S. The number of nitrogens with one attached hydrogen (secondary N) is 1. The molecule has 2 rings (SSSR count).